The number of halogens is 4. The number of rotatable bonds is 11. The van der Waals surface area contributed by atoms with Crippen molar-refractivity contribution in [2.75, 3.05) is 71.6 Å². The van der Waals surface area contributed by atoms with Crippen LogP contribution in [0.2, 0.25) is 0 Å². The number of likely N-dealkylation sites (tertiary alicyclic amines) is 2. The summed E-state index contributed by atoms with van der Waals surface area (Å²) in [7, 11) is 3.10. The summed E-state index contributed by atoms with van der Waals surface area (Å²) < 4.78 is 76.7. The minimum absolute atomic E-state index is 0.0489. The Balaban J connectivity index is 1.29. The van der Waals surface area contributed by atoms with Gasteiger partial charge in [0.05, 0.1) is 31.3 Å². The second-order valence-electron chi connectivity index (χ2n) is 14.9. The second-order valence-corrected chi connectivity index (χ2v) is 14.9. The van der Waals surface area contributed by atoms with Crippen molar-refractivity contribution in [3.8, 4) is 5.75 Å². The van der Waals surface area contributed by atoms with E-state index in [1.807, 2.05) is 24.0 Å². The lowest BCUT2D eigenvalue weighted by Gasteiger charge is -2.35. The van der Waals surface area contributed by atoms with E-state index >= 15 is 4.39 Å². The minimum atomic E-state index is -4.58. The summed E-state index contributed by atoms with van der Waals surface area (Å²) in [6.07, 6.45) is -0.305. The zero-order chi connectivity index (χ0) is 37.2. The van der Waals surface area contributed by atoms with Gasteiger partial charge in [-0.05, 0) is 80.8 Å². The van der Waals surface area contributed by atoms with Crippen LogP contribution in [0.3, 0.4) is 0 Å². The lowest BCUT2D eigenvalue weighted by molar-refractivity contribution is -0.143. The molecule has 3 saturated heterocycles. The highest BCUT2D eigenvalue weighted by molar-refractivity contribution is 5.88. The molecule has 13 heteroatoms. The maximum Gasteiger partial charge on any atom is 0.416 e. The number of piperidine rings is 1. The monoisotopic (exact) mass is 733 g/mol. The van der Waals surface area contributed by atoms with Crippen LogP contribution in [0.4, 0.5) is 23.2 Å². The number of hydrogen-bond donors (Lipinski definition) is 1. The van der Waals surface area contributed by atoms with Crippen molar-refractivity contribution in [1.29, 1.82) is 0 Å². The Kier molecular flexibility index (Phi) is 11.7. The van der Waals surface area contributed by atoms with Gasteiger partial charge >= 0.3 is 12.1 Å². The third-order valence-electron chi connectivity index (χ3n) is 11.9. The lowest BCUT2D eigenvalue weighted by Crippen LogP contribution is -2.50. The van der Waals surface area contributed by atoms with Gasteiger partial charge in [0.2, 0.25) is 5.67 Å². The van der Waals surface area contributed by atoms with Crippen LogP contribution in [0.5, 0.6) is 5.75 Å². The molecule has 1 amide bonds. The van der Waals surface area contributed by atoms with E-state index in [9.17, 15) is 27.9 Å². The topological polar surface area (TPSA) is 91.8 Å². The van der Waals surface area contributed by atoms with Crippen LogP contribution in [0.15, 0.2) is 42.5 Å². The Morgan fingerprint density at radius 1 is 0.942 bits per heavy atom. The highest BCUT2D eigenvalue weighted by atomic mass is 19.4. The van der Waals surface area contributed by atoms with Gasteiger partial charge in [-0.25, -0.2) is 4.39 Å². The van der Waals surface area contributed by atoms with Gasteiger partial charge in [0.15, 0.2) is 0 Å². The minimum Gasteiger partial charge on any atom is -0.497 e. The number of ether oxygens (including phenoxy) is 3. The van der Waals surface area contributed by atoms with Crippen molar-refractivity contribution < 1.29 is 46.5 Å². The van der Waals surface area contributed by atoms with E-state index in [1.54, 1.807) is 24.1 Å². The lowest BCUT2D eigenvalue weighted by atomic mass is 9.85. The largest absolute Gasteiger partial charge is 0.497 e. The van der Waals surface area contributed by atoms with Gasteiger partial charge in [-0.3, -0.25) is 14.5 Å². The first kappa shape index (κ1) is 38.3. The molecule has 4 aliphatic rings. The van der Waals surface area contributed by atoms with Crippen molar-refractivity contribution in [3.05, 3.63) is 59.2 Å². The van der Waals surface area contributed by atoms with Crippen molar-refractivity contribution in [1.82, 2.24) is 9.80 Å². The number of benzene rings is 2. The van der Waals surface area contributed by atoms with Crippen LogP contribution in [-0.4, -0.2) is 111 Å². The number of carbonyl (C=O) groups is 2. The number of nitrogens with zero attached hydrogens (tertiary/aromatic N) is 3. The third kappa shape index (κ3) is 7.91. The quantitative estimate of drug-likeness (QED) is 0.267. The molecule has 52 heavy (non-hydrogen) atoms. The van der Waals surface area contributed by atoms with Gasteiger partial charge in [-0.2, -0.15) is 13.2 Å². The Hall–Kier alpha value is -3.42. The van der Waals surface area contributed by atoms with Gasteiger partial charge in [0.1, 0.15) is 5.75 Å². The highest BCUT2D eigenvalue weighted by Crippen LogP contribution is 2.47. The Morgan fingerprint density at radius 2 is 1.63 bits per heavy atom. The van der Waals surface area contributed by atoms with Gasteiger partial charge in [0.25, 0.3) is 5.91 Å². The highest BCUT2D eigenvalue weighted by Gasteiger charge is 2.57. The first-order valence-corrected chi connectivity index (χ1v) is 18.5. The number of carboxylic acid groups (broad SMARTS) is 1. The molecule has 4 atom stereocenters. The van der Waals surface area contributed by atoms with E-state index in [2.05, 4.69) is 4.90 Å². The third-order valence-corrected chi connectivity index (χ3v) is 11.9. The first-order valence-electron chi connectivity index (χ1n) is 18.5. The summed E-state index contributed by atoms with van der Waals surface area (Å²) in [5, 5.41) is 9.53. The second kappa shape index (κ2) is 15.9. The predicted octanol–water partition coefficient (Wildman–Crippen LogP) is 6.36. The Bertz CT molecular complexity index is 1540. The fraction of sp³-hybridized carbons (Fsp3) is 0.641. The first-order chi connectivity index (χ1) is 24.9. The zero-order valence-corrected chi connectivity index (χ0v) is 30.2. The molecular weight excluding hydrogens is 682 g/mol. The molecule has 1 aliphatic carbocycles. The number of carboxylic acids is 1. The number of carbonyl (C=O) groups excluding carboxylic acids is 1. The average Bonchev–Trinajstić information content (AvgIpc) is 3.73. The van der Waals surface area contributed by atoms with E-state index in [0.717, 1.165) is 37.8 Å². The Labute approximate surface area is 303 Å². The van der Waals surface area contributed by atoms with Crippen molar-refractivity contribution in [2.24, 2.45) is 11.8 Å². The van der Waals surface area contributed by atoms with E-state index in [0.29, 0.717) is 48.6 Å². The maximum absolute atomic E-state index is 17.9. The molecule has 0 spiro atoms. The molecule has 6 rings (SSSR count). The molecule has 3 heterocycles. The van der Waals surface area contributed by atoms with Crippen molar-refractivity contribution in [2.45, 2.75) is 81.3 Å². The number of amides is 1. The Morgan fingerprint density at radius 3 is 2.23 bits per heavy atom. The van der Waals surface area contributed by atoms with Gasteiger partial charge in [-0.15, -0.1) is 0 Å². The van der Waals surface area contributed by atoms with Crippen LogP contribution in [0.1, 0.15) is 74.0 Å². The predicted molar refractivity (Wildman–Crippen MR) is 188 cm³/mol. The standard InChI is InChI=1S/C39H51F4N3O6/c1-4-52-31-12-8-29(9-13-31)46-22-34(25-5-10-30(51-3)11-6-25)38(40,24-46)37(49)45-20-27(23-50-2)33(21-45)32-14-7-28(39(41,42)43)19-35(32)44-17-15-26(16-18-44)36(47)48/h5-7,10-11,14,19,26-27,29,31,33-34H,4,8-9,12-13,15-18,20-24H2,1-3H3,(H,47,48)/t27-,29?,31?,33+,34+,38+/m1/s1. The van der Waals surface area contributed by atoms with E-state index in [4.69, 9.17) is 14.2 Å². The summed E-state index contributed by atoms with van der Waals surface area (Å²) in [5.41, 5.74) is -1.33. The molecular formula is C39H51F4N3O6. The number of methoxy groups -OCH3 is 2. The summed E-state index contributed by atoms with van der Waals surface area (Å²) >= 11 is 0. The summed E-state index contributed by atoms with van der Waals surface area (Å²) in [6, 6.07) is 11.0. The van der Waals surface area contributed by atoms with E-state index in [-0.39, 0.29) is 57.4 Å². The van der Waals surface area contributed by atoms with E-state index < -0.39 is 47.0 Å². The fourth-order valence-electron chi connectivity index (χ4n) is 9.07. The van der Waals surface area contributed by atoms with E-state index in [1.165, 1.54) is 13.2 Å². The van der Waals surface area contributed by atoms with Crippen molar-refractivity contribution >= 4 is 17.6 Å². The number of anilines is 1. The van der Waals surface area contributed by atoms with Crippen LogP contribution in [-0.2, 0) is 25.2 Å². The van der Waals surface area contributed by atoms with Gasteiger partial charge in [-0.1, -0.05) is 18.2 Å². The molecule has 0 aromatic heterocycles. The summed E-state index contributed by atoms with van der Waals surface area (Å²) in [4.78, 5) is 31.8. The molecule has 4 fully saturated rings. The zero-order valence-electron chi connectivity index (χ0n) is 30.2. The average molecular weight is 734 g/mol. The molecule has 2 aromatic rings. The molecule has 9 nitrogen and oxygen atoms in total. The van der Waals surface area contributed by atoms with Crippen LogP contribution in [0.25, 0.3) is 0 Å². The van der Waals surface area contributed by atoms with Crippen molar-refractivity contribution in [3.63, 3.8) is 0 Å². The van der Waals surface area contributed by atoms with Crippen LogP contribution >= 0.6 is 0 Å². The number of alkyl halides is 4. The fourth-order valence-corrected chi connectivity index (χ4v) is 9.07. The van der Waals surface area contributed by atoms with Crippen LogP contribution in [0, 0.1) is 11.8 Å². The molecule has 3 aliphatic heterocycles. The molecule has 0 bridgehead atoms. The molecule has 286 valence electrons. The smallest absolute Gasteiger partial charge is 0.416 e. The number of hydrogen-bond acceptors (Lipinski definition) is 7. The number of aliphatic carboxylic acids is 1. The maximum atomic E-state index is 17.9. The SMILES string of the molecule is CCOC1CCC(N2C[C@@H](c3ccc(OC)cc3)[C@](F)(C(=O)N3C[C@H](COC)[C@@H](c4ccc(C(F)(F)F)cc4N4CCC(C(=O)O)CC4)C3)C2)CC1. The molecule has 1 saturated carbocycles. The summed E-state index contributed by atoms with van der Waals surface area (Å²) in [6.45, 7) is 4.09. The molecule has 1 N–H and O–H groups in total. The van der Waals surface area contributed by atoms with Gasteiger partial charge < -0.3 is 29.1 Å². The molecule has 0 radical (unpaired) electrons. The summed E-state index contributed by atoms with van der Waals surface area (Å²) in [5.74, 6) is -2.90. The molecule has 2 aromatic carbocycles. The normalized spacial score (nSPS) is 29.1. The van der Waals surface area contributed by atoms with Gasteiger partial charge in [0, 0.05) is 82.5 Å². The molecule has 0 unspecified atom stereocenters. The van der Waals surface area contributed by atoms with Crippen LogP contribution < -0.4 is 9.64 Å².